The lowest BCUT2D eigenvalue weighted by Crippen LogP contribution is -2.27. The van der Waals surface area contributed by atoms with E-state index in [4.69, 9.17) is 0 Å². The van der Waals surface area contributed by atoms with Crippen molar-refractivity contribution < 1.29 is 9.59 Å². The first-order valence-electron chi connectivity index (χ1n) is 8.11. The van der Waals surface area contributed by atoms with Gasteiger partial charge in [-0.1, -0.05) is 19.1 Å². The normalized spacial score (nSPS) is 16.3. The van der Waals surface area contributed by atoms with E-state index in [1.54, 1.807) is 30.3 Å². The molecule has 0 radical (unpaired) electrons. The summed E-state index contributed by atoms with van der Waals surface area (Å²) in [6, 6.07) is 8.39. The fraction of sp³-hybridized carbons (Fsp3) is 0.316. The van der Waals surface area contributed by atoms with Crippen LogP contribution in [0.1, 0.15) is 52.2 Å². The molecule has 1 unspecified atom stereocenters. The van der Waals surface area contributed by atoms with Gasteiger partial charge in [-0.15, -0.1) is 0 Å². The fourth-order valence-corrected chi connectivity index (χ4v) is 3.07. The molecule has 0 saturated heterocycles. The minimum absolute atomic E-state index is 0.0771. The number of carbonyl (C=O) groups excluding carboxylic acids is 2. The van der Waals surface area contributed by atoms with Gasteiger partial charge in [-0.05, 0) is 55.9 Å². The number of ketones is 1. The van der Waals surface area contributed by atoms with Crippen LogP contribution in [0.3, 0.4) is 0 Å². The number of aromatic nitrogens is 1. The Balaban J connectivity index is 1.88. The minimum atomic E-state index is -0.460. The van der Waals surface area contributed by atoms with E-state index in [1.807, 2.05) is 0 Å². The topological polar surface area (TPSA) is 79.0 Å². The number of benzene rings is 1. The number of hydrogen-bond donors (Lipinski definition) is 2. The Morgan fingerprint density at radius 2 is 2.04 bits per heavy atom. The summed E-state index contributed by atoms with van der Waals surface area (Å²) in [5, 5.41) is 2.70. The van der Waals surface area contributed by atoms with Crippen LogP contribution in [-0.4, -0.2) is 16.7 Å². The Morgan fingerprint density at radius 1 is 1.25 bits per heavy atom. The summed E-state index contributed by atoms with van der Waals surface area (Å²) in [4.78, 5) is 39.0. The van der Waals surface area contributed by atoms with E-state index in [2.05, 4.69) is 17.2 Å². The van der Waals surface area contributed by atoms with Crippen molar-refractivity contribution >= 4 is 17.4 Å². The zero-order valence-electron chi connectivity index (χ0n) is 13.8. The molecule has 1 aliphatic rings. The number of nitrogens with one attached hydrogen (secondary N) is 2. The average Bonchev–Trinajstić information content (AvgIpc) is 2.54. The van der Waals surface area contributed by atoms with Gasteiger partial charge in [0.1, 0.15) is 5.56 Å². The van der Waals surface area contributed by atoms with Crippen LogP contribution in [0.2, 0.25) is 0 Å². The zero-order chi connectivity index (χ0) is 17.3. The molecule has 0 bridgehead atoms. The van der Waals surface area contributed by atoms with Gasteiger partial charge in [0.05, 0.1) is 0 Å². The number of Topliss-reactive ketones (excluding diaryl/α,β-unsaturated/α-hetero) is 1. The Morgan fingerprint density at radius 3 is 2.79 bits per heavy atom. The van der Waals surface area contributed by atoms with Crippen LogP contribution < -0.4 is 10.9 Å². The highest BCUT2D eigenvalue weighted by Gasteiger charge is 2.20. The average molecular weight is 324 g/mol. The molecule has 5 heteroatoms. The monoisotopic (exact) mass is 324 g/mol. The Hall–Kier alpha value is -2.69. The van der Waals surface area contributed by atoms with Gasteiger partial charge >= 0.3 is 0 Å². The minimum Gasteiger partial charge on any atom is -0.325 e. The maximum absolute atomic E-state index is 12.5. The smallest absolute Gasteiger partial charge is 0.261 e. The number of hydrogen-bond acceptors (Lipinski definition) is 3. The zero-order valence-corrected chi connectivity index (χ0v) is 13.8. The molecular formula is C19H20N2O3. The summed E-state index contributed by atoms with van der Waals surface area (Å²) in [7, 11) is 0. The van der Waals surface area contributed by atoms with E-state index < -0.39 is 5.91 Å². The SMILES string of the molecule is CC(=O)c1cccc(NC(=O)c2cc3c([nH]c2=O)CCC(C)C3)c1. The van der Waals surface area contributed by atoms with Gasteiger partial charge in [0.15, 0.2) is 5.78 Å². The highest BCUT2D eigenvalue weighted by atomic mass is 16.2. The lowest BCUT2D eigenvalue weighted by molar-refractivity contribution is 0.101. The van der Waals surface area contributed by atoms with E-state index >= 15 is 0 Å². The maximum atomic E-state index is 12.5. The summed E-state index contributed by atoms with van der Waals surface area (Å²) >= 11 is 0. The standard InChI is InChI=1S/C19H20N2O3/c1-11-6-7-17-14(8-11)10-16(19(24)21-17)18(23)20-15-5-3-4-13(9-15)12(2)22/h3-5,9-11H,6-8H2,1-2H3,(H,20,23)(H,21,24). The van der Waals surface area contributed by atoms with E-state index in [0.29, 0.717) is 17.2 Å². The molecule has 0 spiro atoms. The van der Waals surface area contributed by atoms with Crippen molar-refractivity contribution in [1.29, 1.82) is 0 Å². The summed E-state index contributed by atoms with van der Waals surface area (Å²) in [6.45, 7) is 3.64. The fourth-order valence-electron chi connectivity index (χ4n) is 3.07. The van der Waals surface area contributed by atoms with Crippen molar-refractivity contribution in [2.24, 2.45) is 5.92 Å². The van der Waals surface area contributed by atoms with Crippen LogP contribution in [0.15, 0.2) is 35.1 Å². The van der Waals surface area contributed by atoms with E-state index in [1.165, 1.54) is 6.92 Å². The first kappa shape index (κ1) is 16.2. The third kappa shape index (κ3) is 3.30. The van der Waals surface area contributed by atoms with Crippen molar-refractivity contribution in [3.05, 3.63) is 63.1 Å². The lowest BCUT2D eigenvalue weighted by atomic mass is 9.87. The highest BCUT2D eigenvalue weighted by molar-refractivity contribution is 6.05. The number of amides is 1. The number of carbonyl (C=O) groups is 2. The van der Waals surface area contributed by atoms with Crippen LogP contribution >= 0.6 is 0 Å². The van der Waals surface area contributed by atoms with Crippen molar-refractivity contribution in [2.75, 3.05) is 5.32 Å². The molecule has 1 atom stereocenters. The predicted molar refractivity (Wildman–Crippen MR) is 92.7 cm³/mol. The Labute approximate surface area is 140 Å². The number of pyridine rings is 1. The molecule has 1 aromatic heterocycles. The maximum Gasteiger partial charge on any atom is 0.261 e. The molecule has 0 aliphatic heterocycles. The first-order chi connectivity index (χ1) is 11.4. The number of rotatable bonds is 3. The van der Waals surface area contributed by atoms with Gasteiger partial charge in [-0.2, -0.15) is 0 Å². The number of fused-ring (bicyclic) bond motifs is 1. The van der Waals surface area contributed by atoms with Crippen molar-refractivity contribution in [3.8, 4) is 0 Å². The summed E-state index contributed by atoms with van der Waals surface area (Å²) < 4.78 is 0. The highest BCUT2D eigenvalue weighted by Crippen LogP contribution is 2.23. The van der Waals surface area contributed by atoms with Crippen molar-refractivity contribution in [2.45, 2.75) is 33.1 Å². The quantitative estimate of drug-likeness (QED) is 0.852. The third-order valence-electron chi connectivity index (χ3n) is 4.44. The molecule has 1 heterocycles. The van der Waals surface area contributed by atoms with Crippen LogP contribution in [0.25, 0.3) is 0 Å². The van der Waals surface area contributed by atoms with E-state index in [9.17, 15) is 14.4 Å². The molecule has 1 aromatic carbocycles. The molecule has 24 heavy (non-hydrogen) atoms. The Kier molecular flexibility index (Phi) is 4.34. The molecular weight excluding hydrogens is 304 g/mol. The summed E-state index contributed by atoms with van der Waals surface area (Å²) in [5.41, 5.74) is 2.72. The molecule has 5 nitrogen and oxygen atoms in total. The molecule has 1 aliphatic carbocycles. The number of anilines is 1. The van der Waals surface area contributed by atoms with E-state index in [-0.39, 0.29) is 16.9 Å². The van der Waals surface area contributed by atoms with E-state index in [0.717, 1.165) is 30.5 Å². The second-order valence-corrected chi connectivity index (χ2v) is 6.46. The van der Waals surface area contributed by atoms with Gasteiger partial charge in [0.2, 0.25) is 0 Å². The molecule has 3 rings (SSSR count). The number of aryl methyl sites for hydroxylation is 1. The van der Waals surface area contributed by atoms with Crippen LogP contribution in [0.4, 0.5) is 5.69 Å². The van der Waals surface area contributed by atoms with Crippen molar-refractivity contribution in [3.63, 3.8) is 0 Å². The van der Waals surface area contributed by atoms with Gasteiger partial charge in [0, 0.05) is 16.9 Å². The van der Waals surface area contributed by atoms with Crippen LogP contribution in [0.5, 0.6) is 0 Å². The molecule has 124 valence electrons. The van der Waals surface area contributed by atoms with Gasteiger partial charge in [-0.25, -0.2) is 0 Å². The third-order valence-corrected chi connectivity index (χ3v) is 4.44. The second kappa shape index (κ2) is 6.43. The number of H-pyrrole nitrogens is 1. The van der Waals surface area contributed by atoms with Gasteiger partial charge < -0.3 is 10.3 Å². The Bertz CT molecular complexity index is 867. The van der Waals surface area contributed by atoms with Crippen LogP contribution in [-0.2, 0) is 12.8 Å². The molecule has 2 N–H and O–H groups in total. The van der Waals surface area contributed by atoms with Crippen molar-refractivity contribution in [1.82, 2.24) is 4.98 Å². The second-order valence-electron chi connectivity index (χ2n) is 6.46. The van der Waals surface area contributed by atoms with Gasteiger partial charge in [-0.3, -0.25) is 14.4 Å². The summed E-state index contributed by atoms with van der Waals surface area (Å²) in [6.07, 6.45) is 2.76. The molecule has 0 saturated carbocycles. The summed E-state index contributed by atoms with van der Waals surface area (Å²) in [5.74, 6) is 0.0104. The largest absolute Gasteiger partial charge is 0.325 e. The van der Waals surface area contributed by atoms with Crippen LogP contribution in [0, 0.1) is 5.92 Å². The molecule has 0 fully saturated rings. The number of aromatic amines is 1. The van der Waals surface area contributed by atoms with Gasteiger partial charge in [0.25, 0.3) is 11.5 Å². The predicted octanol–water partition coefficient (Wildman–Crippen LogP) is 2.95. The molecule has 2 aromatic rings. The lowest BCUT2D eigenvalue weighted by Gasteiger charge is -2.21. The first-order valence-corrected chi connectivity index (χ1v) is 8.11. The molecule has 1 amide bonds.